The predicted octanol–water partition coefficient (Wildman–Crippen LogP) is -2.30. The average Bonchev–Trinajstić information content (AvgIpc) is 1.61. The normalized spacial score (nSPS) is 12.8. The van der Waals surface area contributed by atoms with E-state index in [4.69, 9.17) is 16.6 Å². The Hall–Kier alpha value is -0.740. The number of aliphatic hydroxyl groups excluding tert-OH is 1. The zero-order valence-corrected chi connectivity index (χ0v) is 4.67. The third-order valence-electron chi connectivity index (χ3n) is 0.626. The SMILES string of the molecule is NC(N)=CCC([NH3+])O. The molecule has 0 fully saturated rings. The average molecular weight is 118 g/mol. The maximum Gasteiger partial charge on any atom is 0.189 e. The van der Waals surface area contributed by atoms with Gasteiger partial charge in [0.05, 0.1) is 5.82 Å². The van der Waals surface area contributed by atoms with Crippen molar-refractivity contribution in [2.75, 3.05) is 0 Å². The smallest absolute Gasteiger partial charge is 0.189 e. The van der Waals surface area contributed by atoms with Crippen molar-refractivity contribution < 1.29 is 10.8 Å². The first kappa shape index (κ1) is 7.26. The highest BCUT2D eigenvalue weighted by Gasteiger charge is 1.93. The largest absolute Gasteiger partial charge is 0.386 e. The second-order valence-corrected chi connectivity index (χ2v) is 1.59. The van der Waals surface area contributed by atoms with E-state index in [-0.39, 0.29) is 5.82 Å². The van der Waals surface area contributed by atoms with Gasteiger partial charge < -0.3 is 22.3 Å². The van der Waals surface area contributed by atoms with Crippen molar-refractivity contribution in [2.24, 2.45) is 11.5 Å². The van der Waals surface area contributed by atoms with Crippen LogP contribution >= 0.6 is 0 Å². The third-order valence-corrected chi connectivity index (χ3v) is 0.626. The van der Waals surface area contributed by atoms with Gasteiger partial charge in [-0.25, -0.2) is 0 Å². The fourth-order valence-corrected chi connectivity index (χ4v) is 0.272. The van der Waals surface area contributed by atoms with Crippen LogP contribution in [0.1, 0.15) is 6.42 Å². The summed E-state index contributed by atoms with van der Waals surface area (Å²) in [5.74, 6) is 0.229. The molecule has 8 heavy (non-hydrogen) atoms. The molecule has 0 aliphatic rings. The molecule has 4 nitrogen and oxygen atoms in total. The van der Waals surface area contributed by atoms with Crippen LogP contribution in [0.15, 0.2) is 11.9 Å². The Morgan fingerprint density at radius 1 is 1.75 bits per heavy atom. The van der Waals surface area contributed by atoms with E-state index in [1.165, 1.54) is 6.08 Å². The van der Waals surface area contributed by atoms with Gasteiger partial charge in [0.15, 0.2) is 6.23 Å². The van der Waals surface area contributed by atoms with Crippen LogP contribution in [0.3, 0.4) is 0 Å². The molecule has 0 heterocycles. The molecule has 0 rings (SSSR count). The molecule has 0 saturated carbocycles. The van der Waals surface area contributed by atoms with Crippen molar-refractivity contribution in [3.8, 4) is 0 Å². The molecular weight excluding hydrogens is 106 g/mol. The summed E-state index contributed by atoms with van der Waals surface area (Å²) in [6.07, 6.45) is 1.34. The topological polar surface area (TPSA) is 99.9 Å². The van der Waals surface area contributed by atoms with E-state index >= 15 is 0 Å². The van der Waals surface area contributed by atoms with Crippen LogP contribution in [-0.2, 0) is 0 Å². The second kappa shape index (κ2) is 3.29. The van der Waals surface area contributed by atoms with Gasteiger partial charge in [-0.1, -0.05) is 0 Å². The number of nitrogens with two attached hydrogens (primary N) is 2. The lowest BCUT2D eigenvalue weighted by molar-refractivity contribution is -0.480. The number of hydrogen-bond acceptors (Lipinski definition) is 3. The van der Waals surface area contributed by atoms with Gasteiger partial charge in [0.25, 0.3) is 0 Å². The van der Waals surface area contributed by atoms with Gasteiger partial charge in [0.2, 0.25) is 0 Å². The Kier molecular flexibility index (Phi) is 2.98. The molecule has 8 N–H and O–H groups in total. The Labute approximate surface area is 48.0 Å². The molecule has 0 spiro atoms. The van der Waals surface area contributed by atoms with Crippen molar-refractivity contribution in [1.82, 2.24) is 0 Å². The van der Waals surface area contributed by atoms with Gasteiger partial charge in [0.1, 0.15) is 0 Å². The maximum atomic E-state index is 8.53. The Morgan fingerprint density at radius 2 is 2.25 bits per heavy atom. The summed E-state index contributed by atoms with van der Waals surface area (Å²) >= 11 is 0. The highest BCUT2D eigenvalue weighted by molar-refractivity contribution is 4.89. The van der Waals surface area contributed by atoms with E-state index in [0.717, 1.165) is 0 Å². The first-order chi connectivity index (χ1) is 3.63. The van der Waals surface area contributed by atoms with Crippen molar-refractivity contribution >= 4 is 0 Å². The molecule has 0 aromatic heterocycles. The lowest BCUT2D eigenvalue weighted by Crippen LogP contribution is -2.60. The zero-order valence-electron chi connectivity index (χ0n) is 4.67. The zero-order chi connectivity index (χ0) is 6.57. The first-order valence-electron chi connectivity index (χ1n) is 2.35. The second-order valence-electron chi connectivity index (χ2n) is 1.59. The van der Waals surface area contributed by atoms with Gasteiger partial charge in [-0.15, -0.1) is 0 Å². The van der Waals surface area contributed by atoms with Gasteiger partial charge in [-0.05, 0) is 6.08 Å². The Bertz CT molecular complexity index is 85.3. The molecule has 0 saturated heterocycles. The Balaban J connectivity index is 3.29. The Morgan fingerprint density at radius 3 is 2.38 bits per heavy atom. The van der Waals surface area contributed by atoms with E-state index in [1.807, 2.05) is 0 Å². The van der Waals surface area contributed by atoms with Gasteiger partial charge in [0, 0.05) is 6.42 Å². The molecule has 0 aromatic carbocycles. The summed E-state index contributed by atoms with van der Waals surface area (Å²) in [6, 6.07) is 0. The van der Waals surface area contributed by atoms with Crippen LogP contribution in [0, 0.1) is 0 Å². The van der Waals surface area contributed by atoms with E-state index < -0.39 is 6.23 Å². The highest BCUT2D eigenvalue weighted by atomic mass is 16.3. The van der Waals surface area contributed by atoms with Gasteiger partial charge in [-0.2, -0.15) is 0 Å². The number of quaternary nitrogens is 1. The maximum absolute atomic E-state index is 8.53. The minimum atomic E-state index is -0.600. The van der Waals surface area contributed by atoms with E-state index in [0.29, 0.717) is 6.42 Å². The van der Waals surface area contributed by atoms with E-state index in [2.05, 4.69) is 5.73 Å². The summed E-state index contributed by atoms with van der Waals surface area (Å²) in [6.45, 7) is 0. The minimum Gasteiger partial charge on any atom is -0.386 e. The number of hydrogen-bond donors (Lipinski definition) is 4. The van der Waals surface area contributed by atoms with Crippen molar-refractivity contribution in [2.45, 2.75) is 12.6 Å². The highest BCUT2D eigenvalue weighted by Crippen LogP contribution is 1.82. The monoisotopic (exact) mass is 118 g/mol. The first-order valence-corrected chi connectivity index (χ1v) is 2.35. The summed E-state index contributed by atoms with van der Waals surface area (Å²) in [4.78, 5) is 0. The van der Waals surface area contributed by atoms with Crippen LogP contribution in [0.25, 0.3) is 0 Å². The third kappa shape index (κ3) is 5.26. The molecule has 0 amide bonds. The van der Waals surface area contributed by atoms with Gasteiger partial charge in [-0.3, -0.25) is 0 Å². The summed E-state index contributed by atoms with van der Waals surface area (Å²) in [7, 11) is 0. The molecule has 1 atom stereocenters. The molecule has 0 bridgehead atoms. The molecule has 0 aliphatic heterocycles. The minimum absolute atomic E-state index is 0.229. The van der Waals surface area contributed by atoms with E-state index in [9.17, 15) is 0 Å². The standard InChI is InChI=1S/C4H11N3O/c5-3(6)1-2-4(7)8/h1,4,8H,2,5-7H2/p+1. The fourth-order valence-electron chi connectivity index (χ4n) is 0.272. The van der Waals surface area contributed by atoms with Crippen molar-refractivity contribution in [3.05, 3.63) is 11.9 Å². The molecular formula is C4H12N3O+. The summed E-state index contributed by atoms with van der Waals surface area (Å²) < 4.78 is 0. The van der Waals surface area contributed by atoms with E-state index in [1.54, 1.807) is 0 Å². The van der Waals surface area contributed by atoms with Gasteiger partial charge >= 0.3 is 0 Å². The molecule has 0 radical (unpaired) electrons. The quantitative estimate of drug-likeness (QED) is 0.307. The summed E-state index contributed by atoms with van der Waals surface area (Å²) in [5.41, 5.74) is 13.4. The lowest BCUT2D eigenvalue weighted by atomic mass is 10.4. The van der Waals surface area contributed by atoms with Crippen LogP contribution in [0.5, 0.6) is 0 Å². The number of aliphatic hydroxyl groups is 1. The van der Waals surface area contributed by atoms with Crippen LogP contribution in [0.2, 0.25) is 0 Å². The number of rotatable bonds is 2. The molecule has 4 heteroatoms. The van der Waals surface area contributed by atoms with Crippen LogP contribution in [-0.4, -0.2) is 11.3 Å². The predicted molar refractivity (Wildman–Crippen MR) is 30.0 cm³/mol. The van der Waals surface area contributed by atoms with Crippen LogP contribution in [0.4, 0.5) is 0 Å². The summed E-state index contributed by atoms with van der Waals surface area (Å²) in [5, 5.41) is 8.53. The molecule has 1 unspecified atom stereocenters. The fraction of sp³-hybridized carbons (Fsp3) is 0.500. The molecule has 48 valence electrons. The van der Waals surface area contributed by atoms with Crippen molar-refractivity contribution in [3.63, 3.8) is 0 Å². The van der Waals surface area contributed by atoms with Crippen LogP contribution < -0.4 is 17.2 Å². The molecule has 0 aromatic rings. The molecule has 0 aliphatic carbocycles. The van der Waals surface area contributed by atoms with Crippen molar-refractivity contribution in [1.29, 1.82) is 0 Å². The lowest BCUT2D eigenvalue weighted by Gasteiger charge is -1.93.